The Morgan fingerprint density at radius 3 is 2.85 bits per heavy atom. The highest BCUT2D eigenvalue weighted by atomic mass is 35.5. The molecule has 4 heteroatoms. The lowest BCUT2D eigenvalue weighted by atomic mass is 10.0. The summed E-state index contributed by atoms with van der Waals surface area (Å²) in [5, 5.41) is 4.97. The van der Waals surface area contributed by atoms with E-state index in [1.165, 1.54) is 19.3 Å². The predicted molar refractivity (Wildman–Crippen MR) is 87.7 cm³/mol. The zero-order valence-electron chi connectivity index (χ0n) is 12.2. The quantitative estimate of drug-likeness (QED) is 0.840. The van der Waals surface area contributed by atoms with Gasteiger partial charge in [0, 0.05) is 19.1 Å². The van der Waals surface area contributed by atoms with Crippen LogP contribution in [-0.2, 0) is 6.54 Å². The SMILES string of the molecule is CCCN(Cc1cccc(Cl)c1Cl)CC1CCCCN1. The number of piperidine rings is 1. The van der Waals surface area contributed by atoms with E-state index in [9.17, 15) is 0 Å². The summed E-state index contributed by atoms with van der Waals surface area (Å²) in [5.74, 6) is 0. The molecule has 2 rings (SSSR count). The third-order valence-electron chi connectivity index (χ3n) is 3.86. The molecule has 0 radical (unpaired) electrons. The molecule has 0 amide bonds. The minimum Gasteiger partial charge on any atom is -0.313 e. The van der Waals surface area contributed by atoms with Crippen LogP contribution in [-0.4, -0.2) is 30.6 Å². The van der Waals surface area contributed by atoms with Crippen LogP contribution in [0.1, 0.15) is 38.2 Å². The molecule has 0 saturated carbocycles. The topological polar surface area (TPSA) is 15.3 Å². The van der Waals surface area contributed by atoms with Gasteiger partial charge in [0.2, 0.25) is 0 Å². The molecule has 0 aromatic heterocycles. The lowest BCUT2D eigenvalue weighted by Crippen LogP contribution is -2.43. The number of halogens is 2. The monoisotopic (exact) mass is 314 g/mol. The second-order valence-corrected chi connectivity index (χ2v) is 6.38. The highest BCUT2D eigenvalue weighted by Crippen LogP contribution is 2.26. The second-order valence-electron chi connectivity index (χ2n) is 5.59. The average Bonchev–Trinajstić information content (AvgIpc) is 2.45. The van der Waals surface area contributed by atoms with E-state index in [0.29, 0.717) is 16.1 Å². The minimum atomic E-state index is 0.619. The molecule has 0 bridgehead atoms. The Hall–Kier alpha value is -0.280. The summed E-state index contributed by atoms with van der Waals surface area (Å²) in [7, 11) is 0. The first-order valence-electron chi connectivity index (χ1n) is 7.59. The van der Waals surface area contributed by atoms with Gasteiger partial charge in [-0.25, -0.2) is 0 Å². The minimum absolute atomic E-state index is 0.619. The number of nitrogens with zero attached hydrogens (tertiary/aromatic N) is 1. The van der Waals surface area contributed by atoms with Crippen LogP contribution in [0.2, 0.25) is 10.0 Å². The first-order valence-corrected chi connectivity index (χ1v) is 8.35. The zero-order chi connectivity index (χ0) is 14.4. The summed E-state index contributed by atoms with van der Waals surface area (Å²) in [6.07, 6.45) is 5.09. The van der Waals surface area contributed by atoms with Crippen LogP contribution in [0.25, 0.3) is 0 Å². The van der Waals surface area contributed by atoms with Gasteiger partial charge in [0.15, 0.2) is 0 Å². The van der Waals surface area contributed by atoms with E-state index in [-0.39, 0.29) is 0 Å². The second kappa shape index (κ2) is 8.23. The summed E-state index contributed by atoms with van der Waals surface area (Å²) < 4.78 is 0. The maximum absolute atomic E-state index is 6.31. The van der Waals surface area contributed by atoms with Gasteiger partial charge in [-0.05, 0) is 44.0 Å². The number of hydrogen-bond acceptors (Lipinski definition) is 2. The van der Waals surface area contributed by atoms with Crippen molar-refractivity contribution in [1.29, 1.82) is 0 Å². The van der Waals surface area contributed by atoms with Crippen LogP contribution in [0.4, 0.5) is 0 Å². The predicted octanol–water partition coefficient (Wildman–Crippen LogP) is 4.35. The van der Waals surface area contributed by atoms with Gasteiger partial charge in [-0.15, -0.1) is 0 Å². The van der Waals surface area contributed by atoms with Crippen LogP contribution in [0.3, 0.4) is 0 Å². The molecule has 0 aliphatic carbocycles. The third-order valence-corrected chi connectivity index (χ3v) is 4.71. The van der Waals surface area contributed by atoms with Gasteiger partial charge in [0.1, 0.15) is 0 Å². The Bertz CT molecular complexity index is 417. The molecule has 1 aliphatic rings. The molecule has 1 aromatic rings. The normalized spacial score (nSPS) is 19.5. The first-order chi connectivity index (χ1) is 9.70. The van der Waals surface area contributed by atoms with Crippen molar-refractivity contribution in [3.63, 3.8) is 0 Å². The van der Waals surface area contributed by atoms with Gasteiger partial charge in [0.05, 0.1) is 10.0 Å². The molecule has 1 heterocycles. The van der Waals surface area contributed by atoms with Crippen molar-refractivity contribution in [1.82, 2.24) is 10.2 Å². The van der Waals surface area contributed by atoms with Gasteiger partial charge in [0.25, 0.3) is 0 Å². The fourth-order valence-electron chi connectivity index (χ4n) is 2.85. The van der Waals surface area contributed by atoms with Crippen molar-refractivity contribution in [3.8, 4) is 0 Å². The Labute approximate surface area is 132 Å². The lowest BCUT2D eigenvalue weighted by molar-refractivity contribution is 0.217. The maximum atomic E-state index is 6.31. The largest absolute Gasteiger partial charge is 0.313 e. The molecule has 1 atom stereocenters. The van der Waals surface area contributed by atoms with Crippen LogP contribution >= 0.6 is 23.2 Å². The molecule has 1 aliphatic heterocycles. The standard InChI is InChI=1S/C16H24Cl2N2/c1-2-10-20(12-14-7-3-4-9-19-14)11-13-6-5-8-15(17)16(13)18/h5-6,8,14,19H,2-4,7,9-12H2,1H3. The van der Waals surface area contributed by atoms with E-state index in [0.717, 1.165) is 38.2 Å². The highest BCUT2D eigenvalue weighted by Gasteiger charge is 2.17. The summed E-state index contributed by atoms with van der Waals surface area (Å²) in [5.41, 5.74) is 1.13. The summed E-state index contributed by atoms with van der Waals surface area (Å²) in [6.45, 7) is 6.45. The third kappa shape index (κ3) is 4.63. The molecule has 0 spiro atoms. The van der Waals surface area contributed by atoms with Crippen molar-refractivity contribution in [3.05, 3.63) is 33.8 Å². The molecular formula is C16H24Cl2N2. The molecule has 112 valence electrons. The fraction of sp³-hybridized carbons (Fsp3) is 0.625. The van der Waals surface area contributed by atoms with E-state index < -0.39 is 0 Å². The van der Waals surface area contributed by atoms with Crippen molar-refractivity contribution >= 4 is 23.2 Å². The molecule has 2 nitrogen and oxygen atoms in total. The summed E-state index contributed by atoms with van der Waals surface area (Å²) in [4.78, 5) is 2.49. The maximum Gasteiger partial charge on any atom is 0.0637 e. The Morgan fingerprint density at radius 2 is 2.15 bits per heavy atom. The van der Waals surface area contributed by atoms with Crippen LogP contribution in [0.5, 0.6) is 0 Å². The molecule has 1 aromatic carbocycles. The molecule has 20 heavy (non-hydrogen) atoms. The van der Waals surface area contributed by atoms with Gasteiger partial charge in [-0.2, -0.15) is 0 Å². The van der Waals surface area contributed by atoms with Gasteiger partial charge < -0.3 is 5.32 Å². The van der Waals surface area contributed by atoms with Crippen molar-refractivity contribution < 1.29 is 0 Å². The summed E-state index contributed by atoms with van der Waals surface area (Å²) >= 11 is 12.4. The molecule has 1 N–H and O–H groups in total. The van der Waals surface area contributed by atoms with Crippen molar-refractivity contribution in [2.24, 2.45) is 0 Å². The number of rotatable bonds is 6. The fourth-order valence-corrected chi connectivity index (χ4v) is 3.23. The molecule has 1 saturated heterocycles. The number of hydrogen-bond donors (Lipinski definition) is 1. The van der Waals surface area contributed by atoms with Gasteiger partial charge in [-0.1, -0.05) is 48.7 Å². The first kappa shape index (κ1) is 16.1. The number of benzene rings is 1. The number of nitrogens with one attached hydrogen (secondary N) is 1. The molecule has 1 unspecified atom stereocenters. The summed E-state index contributed by atoms with van der Waals surface area (Å²) in [6, 6.07) is 6.52. The van der Waals surface area contributed by atoms with E-state index in [1.54, 1.807) is 0 Å². The van der Waals surface area contributed by atoms with Gasteiger partial charge in [-0.3, -0.25) is 4.90 Å². The Kier molecular flexibility index (Phi) is 6.63. The van der Waals surface area contributed by atoms with E-state index >= 15 is 0 Å². The van der Waals surface area contributed by atoms with E-state index in [2.05, 4.69) is 23.2 Å². The van der Waals surface area contributed by atoms with Crippen LogP contribution in [0, 0.1) is 0 Å². The van der Waals surface area contributed by atoms with Crippen molar-refractivity contribution in [2.45, 2.75) is 45.2 Å². The smallest absolute Gasteiger partial charge is 0.0637 e. The lowest BCUT2D eigenvalue weighted by Gasteiger charge is -2.30. The van der Waals surface area contributed by atoms with Crippen LogP contribution in [0.15, 0.2) is 18.2 Å². The van der Waals surface area contributed by atoms with E-state index in [4.69, 9.17) is 23.2 Å². The van der Waals surface area contributed by atoms with Gasteiger partial charge >= 0.3 is 0 Å². The Morgan fingerprint density at radius 1 is 1.30 bits per heavy atom. The zero-order valence-corrected chi connectivity index (χ0v) is 13.7. The van der Waals surface area contributed by atoms with Crippen LogP contribution < -0.4 is 5.32 Å². The molecule has 1 fully saturated rings. The molecular weight excluding hydrogens is 291 g/mol. The van der Waals surface area contributed by atoms with Crippen molar-refractivity contribution in [2.75, 3.05) is 19.6 Å². The highest BCUT2D eigenvalue weighted by molar-refractivity contribution is 6.42. The van der Waals surface area contributed by atoms with E-state index in [1.807, 2.05) is 12.1 Å². The average molecular weight is 315 g/mol. The Balaban J connectivity index is 1.98.